The SMILES string of the molecule is CCCCCCCNCCC.Nc1ccc(C(=O)O)cc1. The Labute approximate surface area is 128 Å². The molecular formula is C17H30N2O2. The maximum absolute atomic E-state index is 10.3. The van der Waals surface area contributed by atoms with Crippen LogP contribution in [0.3, 0.4) is 0 Å². The molecule has 0 unspecified atom stereocenters. The van der Waals surface area contributed by atoms with E-state index in [-0.39, 0.29) is 5.56 Å². The van der Waals surface area contributed by atoms with Gasteiger partial charge in [0.2, 0.25) is 0 Å². The summed E-state index contributed by atoms with van der Waals surface area (Å²) in [6.45, 7) is 6.88. The van der Waals surface area contributed by atoms with Crippen LogP contribution in [0.5, 0.6) is 0 Å². The van der Waals surface area contributed by atoms with E-state index in [1.165, 1.54) is 63.7 Å². The van der Waals surface area contributed by atoms with Gasteiger partial charge in [-0.05, 0) is 50.2 Å². The molecule has 4 heteroatoms. The van der Waals surface area contributed by atoms with Crippen molar-refractivity contribution < 1.29 is 9.90 Å². The average molecular weight is 294 g/mol. The van der Waals surface area contributed by atoms with Gasteiger partial charge in [-0.1, -0.05) is 39.5 Å². The van der Waals surface area contributed by atoms with Crippen molar-refractivity contribution in [2.24, 2.45) is 0 Å². The van der Waals surface area contributed by atoms with Crippen LogP contribution in [0.2, 0.25) is 0 Å². The number of hydrogen-bond acceptors (Lipinski definition) is 3. The molecule has 0 aromatic heterocycles. The van der Waals surface area contributed by atoms with E-state index < -0.39 is 5.97 Å². The van der Waals surface area contributed by atoms with Crippen LogP contribution in [0, 0.1) is 0 Å². The van der Waals surface area contributed by atoms with E-state index in [1.807, 2.05) is 0 Å². The summed E-state index contributed by atoms with van der Waals surface area (Å²) in [6.07, 6.45) is 8.21. The second kappa shape index (κ2) is 13.4. The van der Waals surface area contributed by atoms with Gasteiger partial charge in [0.1, 0.15) is 0 Å². The molecule has 1 aromatic carbocycles. The maximum atomic E-state index is 10.3. The van der Waals surface area contributed by atoms with Crippen LogP contribution in [-0.4, -0.2) is 24.2 Å². The molecule has 0 amide bonds. The summed E-state index contributed by atoms with van der Waals surface area (Å²) in [7, 11) is 0. The number of anilines is 1. The third kappa shape index (κ3) is 11.9. The van der Waals surface area contributed by atoms with Gasteiger partial charge in [0.15, 0.2) is 0 Å². The van der Waals surface area contributed by atoms with Gasteiger partial charge in [-0.25, -0.2) is 4.79 Å². The number of carboxylic acid groups (broad SMARTS) is 1. The zero-order chi connectivity index (χ0) is 15.9. The van der Waals surface area contributed by atoms with Crippen LogP contribution in [-0.2, 0) is 0 Å². The summed E-state index contributed by atoms with van der Waals surface area (Å²) in [5.41, 5.74) is 6.17. The third-order valence-electron chi connectivity index (χ3n) is 3.04. The Hall–Kier alpha value is -1.55. The second-order valence-electron chi connectivity index (χ2n) is 5.09. The summed E-state index contributed by atoms with van der Waals surface area (Å²) in [6, 6.07) is 6.06. The fourth-order valence-electron chi connectivity index (χ4n) is 1.78. The minimum atomic E-state index is -0.931. The highest BCUT2D eigenvalue weighted by Gasteiger charge is 1.98. The van der Waals surface area contributed by atoms with Gasteiger partial charge in [0.25, 0.3) is 0 Å². The van der Waals surface area contributed by atoms with Crippen LogP contribution in [0.4, 0.5) is 5.69 Å². The highest BCUT2D eigenvalue weighted by molar-refractivity contribution is 5.87. The third-order valence-corrected chi connectivity index (χ3v) is 3.04. The highest BCUT2D eigenvalue weighted by Crippen LogP contribution is 2.04. The number of nitrogens with one attached hydrogen (secondary N) is 1. The standard InChI is InChI=1S/C10H23N.C7H7NO2/c1-3-5-6-7-8-10-11-9-4-2;8-6-3-1-5(2-4-6)7(9)10/h11H,3-10H2,1-2H3;1-4H,8H2,(H,9,10). The Morgan fingerprint density at radius 1 is 1.00 bits per heavy atom. The average Bonchev–Trinajstić information content (AvgIpc) is 2.47. The van der Waals surface area contributed by atoms with Gasteiger partial charge in [0.05, 0.1) is 5.56 Å². The Morgan fingerprint density at radius 2 is 1.62 bits per heavy atom. The number of carboxylic acids is 1. The minimum Gasteiger partial charge on any atom is -0.478 e. The van der Waals surface area contributed by atoms with Gasteiger partial charge >= 0.3 is 5.97 Å². The molecule has 0 bridgehead atoms. The van der Waals surface area contributed by atoms with Crippen molar-refractivity contribution in [3.63, 3.8) is 0 Å². The van der Waals surface area contributed by atoms with E-state index in [0.717, 1.165) is 0 Å². The zero-order valence-corrected chi connectivity index (χ0v) is 13.4. The van der Waals surface area contributed by atoms with Crippen molar-refractivity contribution in [2.45, 2.75) is 52.4 Å². The molecule has 0 heterocycles. The van der Waals surface area contributed by atoms with Gasteiger partial charge in [-0.2, -0.15) is 0 Å². The van der Waals surface area contributed by atoms with Crippen molar-refractivity contribution in [2.75, 3.05) is 18.8 Å². The van der Waals surface area contributed by atoms with Gasteiger partial charge in [-0.15, -0.1) is 0 Å². The molecule has 0 saturated carbocycles. The normalized spacial score (nSPS) is 9.81. The number of rotatable bonds is 9. The van der Waals surface area contributed by atoms with E-state index in [1.54, 1.807) is 12.1 Å². The fourth-order valence-corrected chi connectivity index (χ4v) is 1.78. The summed E-state index contributed by atoms with van der Waals surface area (Å²) >= 11 is 0. The lowest BCUT2D eigenvalue weighted by Crippen LogP contribution is -2.15. The van der Waals surface area contributed by atoms with Gasteiger partial charge < -0.3 is 16.2 Å². The Balaban J connectivity index is 0.000000382. The van der Waals surface area contributed by atoms with Crippen LogP contribution < -0.4 is 11.1 Å². The van der Waals surface area contributed by atoms with E-state index in [2.05, 4.69) is 19.2 Å². The lowest BCUT2D eigenvalue weighted by molar-refractivity contribution is 0.0697. The minimum absolute atomic E-state index is 0.259. The molecule has 4 nitrogen and oxygen atoms in total. The van der Waals surface area contributed by atoms with Crippen LogP contribution in [0.25, 0.3) is 0 Å². The Morgan fingerprint density at radius 3 is 2.14 bits per heavy atom. The number of hydrogen-bond donors (Lipinski definition) is 3. The van der Waals surface area contributed by atoms with E-state index in [4.69, 9.17) is 10.8 Å². The molecule has 0 aliphatic heterocycles. The highest BCUT2D eigenvalue weighted by atomic mass is 16.4. The topological polar surface area (TPSA) is 75.3 Å². The Kier molecular flexibility index (Phi) is 12.4. The first-order valence-electron chi connectivity index (χ1n) is 7.91. The van der Waals surface area contributed by atoms with Gasteiger partial charge in [0, 0.05) is 5.69 Å². The van der Waals surface area contributed by atoms with E-state index in [0.29, 0.717) is 5.69 Å². The molecule has 0 saturated heterocycles. The summed E-state index contributed by atoms with van der Waals surface area (Å²) in [5, 5.41) is 11.8. The maximum Gasteiger partial charge on any atom is 0.335 e. The predicted molar refractivity (Wildman–Crippen MR) is 89.7 cm³/mol. The molecule has 4 N–H and O–H groups in total. The lowest BCUT2D eigenvalue weighted by atomic mass is 10.1. The summed E-state index contributed by atoms with van der Waals surface area (Å²) < 4.78 is 0. The largest absolute Gasteiger partial charge is 0.478 e. The number of nitrogen functional groups attached to an aromatic ring is 1. The Bertz CT molecular complexity index is 356. The molecule has 0 radical (unpaired) electrons. The number of carbonyl (C=O) groups is 1. The fraction of sp³-hybridized carbons (Fsp3) is 0.588. The summed E-state index contributed by atoms with van der Waals surface area (Å²) in [5.74, 6) is -0.931. The number of unbranched alkanes of at least 4 members (excludes halogenated alkanes) is 4. The molecule has 0 fully saturated rings. The number of benzene rings is 1. The first-order chi connectivity index (χ1) is 10.1. The number of aromatic carboxylic acids is 1. The molecule has 1 rings (SSSR count). The van der Waals surface area contributed by atoms with Crippen molar-refractivity contribution in [1.82, 2.24) is 5.32 Å². The lowest BCUT2D eigenvalue weighted by Gasteiger charge is -2.01. The molecular weight excluding hydrogens is 264 g/mol. The predicted octanol–water partition coefficient (Wildman–Crippen LogP) is 3.92. The van der Waals surface area contributed by atoms with Crippen molar-refractivity contribution >= 4 is 11.7 Å². The molecule has 1 aromatic rings. The first kappa shape index (κ1) is 19.4. The molecule has 0 atom stereocenters. The second-order valence-corrected chi connectivity index (χ2v) is 5.09. The monoisotopic (exact) mass is 294 g/mol. The van der Waals surface area contributed by atoms with Crippen molar-refractivity contribution in [3.05, 3.63) is 29.8 Å². The zero-order valence-electron chi connectivity index (χ0n) is 13.4. The molecule has 21 heavy (non-hydrogen) atoms. The molecule has 0 spiro atoms. The van der Waals surface area contributed by atoms with Crippen molar-refractivity contribution in [1.29, 1.82) is 0 Å². The van der Waals surface area contributed by atoms with Crippen molar-refractivity contribution in [3.8, 4) is 0 Å². The molecule has 120 valence electrons. The van der Waals surface area contributed by atoms with Crippen LogP contribution in [0.1, 0.15) is 62.7 Å². The molecule has 0 aliphatic rings. The smallest absolute Gasteiger partial charge is 0.335 e. The van der Waals surface area contributed by atoms with E-state index in [9.17, 15) is 4.79 Å². The van der Waals surface area contributed by atoms with Crippen LogP contribution in [0.15, 0.2) is 24.3 Å². The summed E-state index contributed by atoms with van der Waals surface area (Å²) in [4.78, 5) is 10.3. The molecule has 0 aliphatic carbocycles. The first-order valence-corrected chi connectivity index (χ1v) is 7.91. The van der Waals surface area contributed by atoms with E-state index >= 15 is 0 Å². The van der Waals surface area contributed by atoms with Crippen LogP contribution >= 0.6 is 0 Å². The quantitative estimate of drug-likeness (QED) is 0.476. The number of nitrogens with two attached hydrogens (primary N) is 1. The van der Waals surface area contributed by atoms with Gasteiger partial charge in [-0.3, -0.25) is 0 Å².